The van der Waals surface area contributed by atoms with Gasteiger partial charge in [-0.25, -0.2) is 8.78 Å². The summed E-state index contributed by atoms with van der Waals surface area (Å²) in [5, 5.41) is 0. The van der Waals surface area contributed by atoms with E-state index in [2.05, 4.69) is 15.9 Å². The van der Waals surface area contributed by atoms with E-state index in [4.69, 9.17) is 0 Å². The van der Waals surface area contributed by atoms with Crippen LogP contribution in [0.15, 0.2) is 46.9 Å². The zero-order chi connectivity index (χ0) is 19.6. The van der Waals surface area contributed by atoms with Crippen molar-refractivity contribution in [3.8, 4) is 0 Å². The Hall–Kier alpha value is -2.28. The van der Waals surface area contributed by atoms with Gasteiger partial charge in [0, 0.05) is 30.2 Å². The average molecular weight is 437 g/mol. The standard InChI is InChI=1S/C20H19BrF2N2O2/c1-24(18-9-6-15(21)11-17(18)23)19(26)14-3-2-10-25(12-14)20(27)13-4-7-16(22)8-5-13/h4-9,11,14H,2-3,10,12H2,1H3. The molecule has 2 amide bonds. The molecule has 4 nitrogen and oxygen atoms in total. The summed E-state index contributed by atoms with van der Waals surface area (Å²) in [4.78, 5) is 28.4. The predicted molar refractivity (Wildman–Crippen MR) is 103 cm³/mol. The summed E-state index contributed by atoms with van der Waals surface area (Å²) in [5.74, 6) is -1.76. The molecule has 7 heteroatoms. The molecule has 1 aliphatic heterocycles. The highest BCUT2D eigenvalue weighted by Gasteiger charge is 2.31. The molecule has 1 heterocycles. The lowest BCUT2D eigenvalue weighted by molar-refractivity contribution is -0.123. The van der Waals surface area contributed by atoms with Crippen LogP contribution in [0, 0.1) is 17.6 Å². The fourth-order valence-electron chi connectivity index (χ4n) is 3.28. The molecule has 2 aromatic rings. The number of anilines is 1. The van der Waals surface area contributed by atoms with Crippen LogP contribution in [0.2, 0.25) is 0 Å². The van der Waals surface area contributed by atoms with Crippen molar-refractivity contribution in [1.82, 2.24) is 4.90 Å². The number of nitrogens with zero attached hydrogens (tertiary/aromatic N) is 2. The SMILES string of the molecule is CN(C(=O)C1CCCN(C(=O)c2ccc(F)cc2)C1)c1ccc(Br)cc1F. The van der Waals surface area contributed by atoms with E-state index in [1.165, 1.54) is 42.3 Å². The molecule has 0 spiro atoms. The van der Waals surface area contributed by atoms with E-state index in [9.17, 15) is 18.4 Å². The number of rotatable bonds is 3. The Morgan fingerprint density at radius 1 is 1.15 bits per heavy atom. The second-order valence-corrected chi connectivity index (χ2v) is 7.51. The van der Waals surface area contributed by atoms with Crippen LogP contribution < -0.4 is 4.90 Å². The van der Waals surface area contributed by atoms with Crippen molar-refractivity contribution in [2.45, 2.75) is 12.8 Å². The van der Waals surface area contributed by atoms with Gasteiger partial charge in [-0.15, -0.1) is 0 Å². The maximum Gasteiger partial charge on any atom is 0.253 e. The quantitative estimate of drug-likeness (QED) is 0.721. The van der Waals surface area contributed by atoms with E-state index in [0.29, 0.717) is 29.4 Å². The smallest absolute Gasteiger partial charge is 0.253 e. The Morgan fingerprint density at radius 3 is 2.52 bits per heavy atom. The third kappa shape index (κ3) is 4.35. The van der Waals surface area contributed by atoms with Gasteiger partial charge in [-0.1, -0.05) is 15.9 Å². The second kappa shape index (κ2) is 8.17. The van der Waals surface area contributed by atoms with Gasteiger partial charge in [-0.3, -0.25) is 9.59 Å². The summed E-state index contributed by atoms with van der Waals surface area (Å²) in [6, 6.07) is 9.88. The maximum absolute atomic E-state index is 14.2. The number of halogens is 3. The summed E-state index contributed by atoms with van der Waals surface area (Å²) in [6.07, 6.45) is 1.31. The van der Waals surface area contributed by atoms with E-state index in [1.807, 2.05) is 0 Å². The van der Waals surface area contributed by atoms with Crippen molar-refractivity contribution in [2.24, 2.45) is 5.92 Å². The van der Waals surface area contributed by atoms with Crippen LogP contribution in [0.4, 0.5) is 14.5 Å². The molecule has 2 aromatic carbocycles. The average Bonchev–Trinajstić information content (AvgIpc) is 2.67. The molecule has 0 N–H and O–H groups in total. The number of piperidine rings is 1. The normalized spacial score (nSPS) is 16.9. The van der Waals surface area contributed by atoms with E-state index in [1.54, 1.807) is 17.0 Å². The van der Waals surface area contributed by atoms with Gasteiger partial charge < -0.3 is 9.80 Å². The van der Waals surface area contributed by atoms with Crippen LogP contribution in [-0.4, -0.2) is 36.9 Å². The summed E-state index contributed by atoms with van der Waals surface area (Å²) in [7, 11) is 1.54. The fraction of sp³-hybridized carbons (Fsp3) is 0.300. The van der Waals surface area contributed by atoms with Crippen LogP contribution in [0.5, 0.6) is 0 Å². The first kappa shape index (κ1) is 19.5. The molecule has 142 valence electrons. The summed E-state index contributed by atoms with van der Waals surface area (Å²) < 4.78 is 27.8. The summed E-state index contributed by atoms with van der Waals surface area (Å²) in [5.41, 5.74) is 0.585. The Morgan fingerprint density at radius 2 is 1.85 bits per heavy atom. The molecule has 1 fully saturated rings. The molecular formula is C20H19BrF2N2O2. The van der Waals surface area contributed by atoms with Crippen molar-refractivity contribution in [1.29, 1.82) is 0 Å². The highest BCUT2D eigenvalue weighted by molar-refractivity contribution is 9.10. The first-order chi connectivity index (χ1) is 12.9. The van der Waals surface area contributed by atoms with Gasteiger partial charge >= 0.3 is 0 Å². The van der Waals surface area contributed by atoms with Crippen molar-refractivity contribution < 1.29 is 18.4 Å². The molecule has 0 saturated carbocycles. The van der Waals surface area contributed by atoms with Crippen molar-refractivity contribution in [3.63, 3.8) is 0 Å². The Kier molecular flexibility index (Phi) is 5.89. The van der Waals surface area contributed by atoms with Gasteiger partial charge in [0.25, 0.3) is 5.91 Å². The first-order valence-electron chi connectivity index (χ1n) is 8.64. The fourth-order valence-corrected chi connectivity index (χ4v) is 3.62. The molecule has 0 aliphatic carbocycles. The molecule has 1 saturated heterocycles. The number of hydrogen-bond donors (Lipinski definition) is 0. The van der Waals surface area contributed by atoms with Gasteiger partial charge in [-0.05, 0) is 55.3 Å². The number of likely N-dealkylation sites (tertiary alicyclic amines) is 1. The maximum atomic E-state index is 14.2. The lowest BCUT2D eigenvalue weighted by Crippen LogP contribution is -2.46. The summed E-state index contributed by atoms with van der Waals surface area (Å²) in [6.45, 7) is 0.799. The zero-order valence-corrected chi connectivity index (χ0v) is 16.4. The molecule has 0 radical (unpaired) electrons. The molecule has 0 aromatic heterocycles. The minimum atomic E-state index is -0.490. The van der Waals surface area contributed by atoms with Crippen molar-refractivity contribution >= 4 is 33.4 Å². The number of carbonyl (C=O) groups excluding carboxylic acids is 2. The summed E-state index contributed by atoms with van der Waals surface area (Å²) >= 11 is 3.20. The lowest BCUT2D eigenvalue weighted by Gasteiger charge is -2.34. The Labute approximate surface area is 164 Å². The van der Waals surface area contributed by atoms with Gasteiger partial charge in [0.1, 0.15) is 11.6 Å². The van der Waals surface area contributed by atoms with Gasteiger partial charge in [-0.2, -0.15) is 0 Å². The first-order valence-corrected chi connectivity index (χ1v) is 9.43. The van der Waals surface area contributed by atoms with Crippen LogP contribution in [0.3, 0.4) is 0 Å². The largest absolute Gasteiger partial charge is 0.338 e. The third-order valence-electron chi connectivity index (χ3n) is 4.75. The van der Waals surface area contributed by atoms with Crippen LogP contribution in [0.25, 0.3) is 0 Å². The molecule has 3 rings (SSSR count). The second-order valence-electron chi connectivity index (χ2n) is 6.59. The number of hydrogen-bond acceptors (Lipinski definition) is 2. The van der Waals surface area contributed by atoms with Crippen LogP contribution in [0.1, 0.15) is 23.2 Å². The van der Waals surface area contributed by atoms with Gasteiger partial charge in [0.15, 0.2) is 0 Å². The number of carbonyl (C=O) groups is 2. The monoisotopic (exact) mass is 436 g/mol. The highest BCUT2D eigenvalue weighted by atomic mass is 79.9. The van der Waals surface area contributed by atoms with Crippen molar-refractivity contribution in [2.75, 3.05) is 25.0 Å². The van der Waals surface area contributed by atoms with Gasteiger partial charge in [0.2, 0.25) is 5.91 Å². The highest BCUT2D eigenvalue weighted by Crippen LogP contribution is 2.26. The molecule has 0 bridgehead atoms. The molecular weight excluding hydrogens is 418 g/mol. The van der Waals surface area contributed by atoms with E-state index in [0.717, 1.165) is 0 Å². The lowest BCUT2D eigenvalue weighted by atomic mass is 9.95. The van der Waals surface area contributed by atoms with Gasteiger partial charge in [0.05, 0.1) is 11.6 Å². The number of benzene rings is 2. The molecule has 1 unspecified atom stereocenters. The minimum Gasteiger partial charge on any atom is -0.338 e. The zero-order valence-electron chi connectivity index (χ0n) is 14.8. The van der Waals surface area contributed by atoms with Crippen LogP contribution >= 0.6 is 15.9 Å². The third-order valence-corrected chi connectivity index (χ3v) is 5.24. The van der Waals surface area contributed by atoms with Crippen LogP contribution in [-0.2, 0) is 4.79 Å². The topological polar surface area (TPSA) is 40.6 Å². The molecule has 27 heavy (non-hydrogen) atoms. The molecule has 1 aliphatic rings. The Bertz CT molecular complexity index is 858. The van der Waals surface area contributed by atoms with E-state index >= 15 is 0 Å². The predicted octanol–water partition coefficient (Wildman–Crippen LogP) is 4.24. The van der Waals surface area contributed by atoms with E-state index < -0.39 is 17.6 Å². The minimum absolute atomic E-state index is 0.199. The Balaban J connectivity index is 1.72. The number of amides is 2. The molecule has 1 atom stereocenters. The van der Waals surface area contributed by atoms with Crippen molar-refractivity contribution in [3.05, 3.63) is 64.1 Å². The van der Waals surface area contributed by atoms with E-state index in [-0.39, 0.29) is 24.0 Å².